The Balaban J connectivity index is 0. The van der Waals surface area contributed by atoms with Crippen molar-refractivity contribution in [2.24, 2.45) is 0 Å². The molecule has 4 radical (unpaired) electrons. The summed E-state index contributed by atoms with van der Waals surface area (Å²) in [6.45, 7) is 0. The van der Waals surface area contributed by atoms with Crippen LogP contribution in [0.25, 0.3) is 0 Å². The van der Waals surface area contributed by atoms with E-state index in [4.69, 9.17) is 0 Å². The first-order chi connectivity index (χ1) is 0. The van der Waals surface area contributed by atoms with Gasteiger partial charge in [-0.1, -0.05) is 0 Å². The third-order valence-electron chi connectivity index (χ3n) is 0. The second-order valence-corrected chi connectivity index (χ2v) is 0. The molecule has 0 bridgehead atoms. The summed E-state index contributed by atoms with van der Waals surface area (Å²) in [7, 11) is 0. The molecule has 0 saturated heterocycles. The molecule has 0 aromatic heterocycles. The van der Waals surface area contributed by atoms with Crippen LogP contribution in [-0.4, -0.2) is 23.1 Å². The minimum Gasteiger partial charge on any atom is 0 e. The third kappa shape index (κ3) is 8.82. The molecule has 0 saturated carbocycles. The van der Waals surface area contributed by atoms with E-state index in [1.54, 1.807) is 0 Å². The van der Waals surface area contributed by atoms with Gasteiger partial charge in [0, 0.05) is 81.2 Å². The number of hydrogen-bond donors (Lipinski definition) is 0. The largest absolute Gasteiger partial charge is 0 e. The Labute approximate surface area is 80.0 Å². The van der Waals surface area contributed by atoms with Crippen LogP contribution in [0.4, 0.5) is 0 Å². The molecule has 0 amide bonds. The van der Waals surface area contributed by atoms with Gasteiger partial charge in [-0.2, -0.15) is 0 Å². The average Bonchev–Trinajstić information content (AvgIpc) is 0. The standard InChI is InChI=1S/Fe.I.Mg.Mn. The third-order valence-corrected chi connectivity index (χ3v) is 0. The van der Waals surface area contributed by atoms with Crippen molar-refractivity contribution in [2.75, 3.05) is 0 Å². The molecule has 0 atom stereocenters. The smallest absolute Gasteiger partial charge is 0 e. The van der Waals surface area contributed by atoms with Gasteiger partial charge in [0.2, 0.25) is 0 Å². The molecule has 0 aliphatic rings. The fourth-order valence-corrected chi connectivity index (χ4v) is 0. The van der Waals surface area contributed by atoms with E-state index in [0.29, 0.717) is 0 Å². The van der Waals surface area contributed by atoms with Gasteiger partial charge in [0.05, 0.1) is 0 Å². The summed E-state index contributed by atoms with van der Waals surface area (Å²) in [6.07, 6.45) is 0. The first kappa shape index (κ1) is 31.2. The summed E-state index contributed by atoms with van der Waals surface area (Å²) in [6, 6.07) is 0. The van der Waals surface area contributed by atoms with Crippen LogP contribution in [0, 0.1) is 0 Å². The summed E-state index contributed by atoms with van der Waals surface area (Å²) in [5, 5.41) is 0. The van der Waals surface area contributed by atoms with Crippen LogP contribution in [0.1, 0.15) is 0 Å². The van der Waals surface area contributed by atoms with Crippen LogP contribution in [0.3, 0.4) is 0 Å². The minimum absolute atomic E-state index is 0. The summed E-state index contributed by atoms with van der Waals surface area (Å²) < 4.78 is 0. The van der Waals surface area contributed by atoms with Crippen LogP contribution in [0.15, 0.2) is 0 Å². The van der Waals surface area contributed by atoms with Crippen molar-refractivity contribution < 1.29 is 34.1 Å². The van der Waals surface area contributed by atoms with Gasteiger partial charge in [0.15, 0.2) is 0 Å². The van der Waals surface area contributed by atoms with Crippen LogP contribution in [0.2, 0.25) is 0 Å². The Morgan fingerprint density at radius 3 is 1.00 bits per heavy atom. The van der Waals surface area contributed by atoms with Crippen molar-refractivity contribution >= 4 is 47.0 Å². The fourth-order valence-electron chi connectivity index (χ4n) is 0. The molecular weight excluding hydrogens is 262 g/mol. The molecule has 0 fully saturated rings. The number of rotatable bonds is 0. The summed E-state index contributed by atoms with van der Waals surface area (Å²) in [4.78, 5) is 0. The van der Waals surface area contributed by atoms with E-state index in [2.05, 4.69) is 0 Å². The Bertz CT molecular complexity index is 8.00. The zero-order valence-corrected chi connectivity index (χ0v) is 7.67. The number of hydrogen-bond acceptors (Lipinski definition) is 0. The van der Waals surface area contributed by atoms with Gasteiger partial charge in [-0.3, -0.25) is 0 Å². The second kappa shape index (κ2) is 17.7. The Morgan fingerprint density at radius 2 is 1.00 bits per heavy atom. The van der Waals surface area contributed by atoms with Gasteiger partial charge in [-0.15, -0.1) is 0 Å². The Morgan fingerprint density at radius 1 is 1.00 bits per heavy atom. The van der Waals surface area contributed by atoms with Gasteiger partial charge >= 0.3 is 0 Å². The molecule has 0 aliphatic carbocycles. The Hall–Kier alpha value is 2.54. The first-order valence-corrected chi connectivity index (χ1v) is 0. The van der Waals surface area contributed by atoms with Crippen molar-refractivity contribution in [3.8, 4) is 0 Å². The first-order valence-electron chi connectivity index (χ1n) is 0. The Kier molecular flexibility index (Phi) is 138. The molecule has 0 aromatic rings. The molecule has 0 heterocycles. The van der Waals surface area contributed by atoms with E-state index in [0.717, 1.165) is 0 Å². The average molecular weight is 262 g/mol. The van der Waals surface area contributed by atoms with Gasteiger partial charge in [0.25, 0.3) is 0 Å². The van der Waals surface area contributed by atoms with Crippen LogP contribution in [-0.2, 0) is 34.1 Å². The number of halogens is 1. The van der Waals surface area contributed by atoms with Crippen molar-refractivity contribution in [3.63, 3.8) is 0 Å². The maximum atomic E-state index is 0. The van der Waals surface area contributed by atoms with Crippen LogP contribution < -0.4 is 0 Å². The van der Waals surface area contributed by atoms with Crippen molar-refractivity contribution in [1.82, 2.24) is 0 Å². The molecule has 0 aliphatic heterocycles. The molecule has 4 heavy (non-hydrogen) atoms. The predicted octanol–water partition coefficient (Wildman–Crippen LogP) is 0.500. The molecule has 0 spiro atoms. The summed E-state index contributed by atoms with van der Waals surface area (Å²) in [5.74, 6) is 0. The second-order valence-electron chi connectivity index (χ2n) is 0. The van der Waals surface area contributed by atoms with Crippen molar-refractivity contribution in [2.45, 2.75) is 0 Å². The maximum absolute atomic E-state index is 0. The molecule has 4 heteroatoms. The molecule has 0 rings (SSSR count). The van der Waals surface area contributed by atoms with Gasteiger partial charge in [-0.25, -0.2) is 0 Å². The zero-order valence-electron chi connectivity index (χ0n) is 1.82. The molecular formula is FeIMgMn. The molecule has 24 valence electrons. The molecule has 0 aromatic carbocycles. The molecule has 0 N–H and O–H groups in total. The maximum Gasteiger partial charge on any atom is 0 e. The monoisotopic (exact) mass is 262 g/mol. The minimum atomic E-state index is 0. The topological polar surface area (TPSA) is 0 Å². The van der Waals surface area contributed by atoms with Crippen molar-refractivity contribution in [1.29, 1.82) is 0 Å². The van der Waals surface area contributed by atoms with E-state index in [1.165, 1.54) is 0 Å². The van der Waals surface area contributed by atoms with Gasteiger partial charge < -0.3 is 0 Å². The van der Waals surface area contributed by atoms with E-state index < -0.39 is 0 Å². The normalized spacial score (nSPS) is 0. The van der Waals surface area contributed by atoms with Crippen LogP contribution in [0.5, 0.6) is 0 Å². The van der Waals surface area contributed by atoms with E-state index >= 15 is 0 Å². The molecule has 0 unspecified atom stereocenters. The van der Waals surface area contributed by atoms with Crippen LogP contribution >= 0.6 is 24.0 Å². The van der Waals surface area contributed by atoms with Gasteiger partial charge in [0.1, 0.15) is 0 Å². The van der Waals surface area contributed by atoms with E-state index in [9.17, 15) is 0 Å². The SMILES string of the molecule is [Fe].[I].[Mg].[Mn]. The van der Waals surface area contributed by atoms with E-state index in [-0.39, 0.29) is 81.2 Å². The zero-order chi connectivity index (χ0) is 0. The van der Waals surface area contributed by atoms with Gasteiger partial charge in [-0.05, 0) is 0 Å². The fraction of sp³-hybridized carbons (Fsp3) is 0. The van der Waals surface area contributed by atoms with E-state index in [1.807, 2.05) is 0 Å². The summed E-state index contributed by atoms with van der Waals surface area (Å²) >= 11 is 0. The van der Waals surface area contributed by atoms with Crippen molar-refractivity contribution in [3.05, 3.63) is 0 Å². The predicted molar refractivity (Wildman–Crippen MR) is 19.8 cm³/mol. The summed E-state index contributed by atoms with van der Waals surface area (Å²) in [5.41, 5.74) is 0. The molecule has 0 nitrogen and oxygen atoms in total. The quantitative estimate of drug-likeness (QED) is 0.440.